The SMILES string of the molecule is Cc1cccc(CN2CCN(C3CCN(Cc4ccco4)CC3)C[C@@H]2CCO)n1. The third-order valence-corrected chi connectivity index (χ3v) is 6.44. The van der Waals surface area contributed by atoms with Gasteiger partial charge in [-0.05, 0) is 50.5 Å². The van der Waals surface area contributed by atoms with Crippen molar-refractivity contribution in [1.29, 1.82) is 0 Å². The highest BCUT2D eigenvalue weighted by Crippen LogP contribution is 2.23. The Kier molecular flexibility index (Phi) is 6.98. The van der Waals surface area contributed by atoms with Crippen LogP contribution in [0.25, 0.3) is 0 Å². The maximum atomic E-state index is 9.62. The minimum Gasteiger partial charge on any atom is -0.468 e. The topological polar surface area (TPSA) is 56.0 Å². The van der Waals surface area contributed by atoms with Crippen molar-refractivity contribution in [1.82, 2.24) is 19.7 Å². The number of hydrogen-bond acceptors (Lipinski definition) is 6. The molecule has 2 aliphatic heterocycles. The van der Waals surface area contributed by atoms with Crippen LogP contribution in [0.5, 0.6) is 0 Å². The Morgan fingerprint density at radius 3 is 2.66 bits per heavy atom. The molecule has 4 heterocycles. The number of aryl methyl sites for hydroxylation is 1. The van der Waals surface area contributed by atoms with E-state index in [1.807, 2.05) is 19.1 Å². The Morgan fingerprint density at radius 2 is 1.93 bits per heavy atom. The van der Waals surface area contributed by atoms with Gasteiger partial charge in [0.2, 0.25) is 0 Å². The zero-order valence-electron chi connectivity index (χ0n) is 17.5. The van der Waals surface area contributed by atoms with Gasteiger partial charge in [0.25, 0.3) is 0 Å². The van der Waals surface area contributed by atoms with Crippen molar-refractivity contribution in [3.63, 3.8) is 0 Å². The van der Waals surface area contributed by atoms with Gasteiger partial charge in [0, 0.05) is 63.7 Å². The number of piperidine rings is 1. The normalized spacial score (nSPS) is 22.9. The number of aromatic nitrogens is 1. The van der Waals surface area contributed by atoms with Gasteiger partial charge in [0.05, 0.1) is 18.5 Å². The van der Waals surface area contributed by atoms with E-state index in [-0.39, 0.29) is 6.61 Å². The molecular formula is C23H34N4O2. The van der Waals surface area contributed by atoms with Crippen LogP contribution in [0.1, 0.15) is 36.4 Å². The highest BCUT2D eigenvalue weighted by atomic mass is 16.3. The summed E-state index contributed by atoms with van der Waals surface area (Å²) in [6.45, 7) is 9.56. The lowest BCUT2D eigenvalue weighted by Crippen LogP contribution is -2.57. The Bertz CT molecular complexity index is 743. The van der Waals surface area contributed by atoms with Crippen molar-refractivity contribution in [3.8, 4) is 0 Å². The van der Waals surface area contributed by atoms with Crippen molar-refractivity contribution in [2.45, 2.75) is 51.4 Å². The van der Waals surface area contributed by atoms with Crippen LogP contribution < -0.4 is 0 Å². The standard InChI is InChI=1S/C23H34N4O2/c1-19-4-2-5-20(24-19)16-26-12-13-27(17-22(26)9-14-28)21-7-10-25(11-8-21)18-23-6-3-15-29-23/h2-6,15,21-22,28H,7-14,16-18H2,1H3/t22-/m0/s1. The van der Waals surface area contributed by atoms with Gasteiger partial charge in [-0.1, -0.05) is 6.07 Å². The van der Waals surface area contributed by atoms with E-state index in [2.05, 4.69) is 37.9 Å². The lowest BCUT2D eigenvalue weighted by Gasteiger charge is -2.46. The van der Waals surface area contributed by atoms with E-state index in [0.717, 1.165) is 69.4 Å². The fourth-order valence-corrected chi connectivity index (χ4v) is 4.84. The van der Waals surface area contributed by atoms with Crippen LogP contribution in [0.15, 0.2) is 41.0 Å². The molecule has 2 aliphatic rings. The van der Waals surface area contributed by atoms with E-state index < -0.39 is 0 Å². The highest BCUT2D eigenvalue weighted by Gasteiger charge is 2.32. The average molecular weight is 399 g/mol. The number of piperazine rings is 1. The van der Waals surface area contributed by atoms with Gasteiger partial charge in [-0.3, -0.25) is 19.7 Å². The predicted octanol–water partition coefficient (Wildman–Crippen LogP) is 2.52. The van der Waals surface area contributed by atoms with Crippen LogP contribution in [0.2, 0.25) is 0 Å². The van der Waals surface area contributed by atoms with E-state index >= 15 is 0 Å². The number of nitrogens with zero attached hydrogens (tertiary/aromatic N) is 4. The van der Waals surface area contributed by atoms with Crippen LogP contribution in [0, 0.1) is 6.92 Å². The van der Waals surface area contributed by atoms with Crippen LogP contribution in [0.3, 0.4) is 0 Å². The summed E-state index contributed by atoms with van der Waals surface area (Å²) in [6.07, 6.45) is 5.02. The second-order valence-electron chi connectivity index (χ2n) is 8.49. The molecule has 0 amide bonds. The molecule has 2 fully saturated rings. The second kappa shape index (κ2) is 9.85. The monoisotopic (exact) mass is 398 g/mol. The molecule has 29 heavy (non-hydrogen) atoms. The van der Waals surface area contributed by atoms with Gasteiger partial charge in [0.15, 0.2) is 0 Å². The Morgan fingerprint density at radius 1 is 1.07 bits per heavy atom. The van der Waals surface area contributed by atoms with Crippen molar-refractivity contribution < 1.29 is 9.52 Å². The molecule has 0 radical (unpaired) electrons. The third-order valence-electron chi connectivity index (χ3n) is 6.44. The molecule has 4 rings (SSSR count). The van der Waals surface area contributed by atoms with Crippen molar-refractivity contribution in [2.75, 3.05) is 39.3 Å². The zero-order chi connectivity index (χ0) is 20.1. The molecule has 6 heteroatoms. The zero-order valence-corrected chi connectivity index (χ0v) is 17.5. The number of hydrogen-bond donors (Lipinski definition) is 1. The Balaban J connectivity index is 1.30. The lowest BCUT2D eigenvalue weighted by molar-refractivity contribution is 0.0112. The summed E-state index contributed by atoms with van der Waals surface area (Å²) in [5, 5.41) is 9.62. The quantitative estimate of drug-likeness (QED) is 0.774. The van der Waals surface area contributed by atoms with Crippen LogP contribution in [0.4, 0.5) is 0 Å². The molecule has 0 spiro atoms. The summed E-state index contributed by atoms with van der Waals surface area (Å²) in [5.74, 6) is 1.06. The van der Waals surface area contributed by atoms with E-state index in [0.29, 0.717) is 12.1 Å². The molecule has 158 valence electrons. The summed E-state index contributed by atoms with van der Waals surface area (Å²) in [6, 6.07) is 11.3. The van der Waals surface area contributed by atoms with Crippen LogP contribution >= 0.6 is 0 Å². The summed E-state index contributed by atoms with van der Waals surface area (Å²) < 4.78 is 5.50. The smallest absolute Gasteiger partial charge is 0.117 e. The number of aliphatic hydroxyl groups is 1. The van der Waals surface area contributed by atoms with Crippen molar-refractivity contribution in [3.05, 3.63) is 53.7 Å². The minimum atomic E-state index is 0.248. The van der Waals surface area contributed by atoms with Gasteiger partial charge < -0.3 is 9.52 Å². The second-order valence-corrected chi connectivity index (χ2v) is 8.49. The largest absolute Gasteiger partial charge is 0.468 e. The number of furan rings is 1. The van der Waals surface area contributed by atoms with Gasteiger partial charge in [-0.25, -0.2) is 0 Å². The average Bonchev–Trinajstić information content (AvgIpc) is 3.23. The molecule has 0 bridgehead atoms. The maximum Gasteiger partial charge on any atom is 0.117 e. The fourth-order valence-electron chi connectivity index (χ4n) is 4.84. The minimum absolute atomic E-state index is 0.248. The first-order valence-corrected chi connectivity index (χ1v) is 11.0. The van der Waals surface area contributed by atoms with Crippen molar-refractivity contribution in [2.24, 2.45) is 0 Å². The van der Waals surface area contributed by atoms with Crippen molar-refractivity contribution >= 4 is 0 Å². The Hall–Kier alpha value is -1.73. The predicted molar refractivity (Wildman–Crippen MR) is 113 cm³/mol. The van der Waals surface area contributed by atoms with Gasteiger partial charge in [-0.15, -0.1) is 0 Å². The van der Waals surface area contributed by atoms with Gasteiger partial charge >= 0.3 is 0 Å². The van der Waals surface area contributed by atoms with Crippen LogP contribution in [-0.2, 0) is 13.1 Å². The molecule has 0 unspecified atom stereocenters. The van der Waals surface area contributed by atoms with E-state index in [1.165, 1.54) is 12.8 Å². The molecule has 2 aromatic rings. The molecule has 1 N–H and O–H groups in total. The van der Waals surface area contributed by atoms with Gasteiger partial charge in [-0.2, -0.15) is 0 Å². The van der Waals surface area contributed by atoms with Crippen LogP contribution in [-0.4, -0.2) is 76.2 Å². The number of rotatable bonds is 7. The third kappa shape index (κ3) is 5.45. The fraction of sp³-hybridized carbons (Fsp3) is 0.609. The summed E-state index contributed by atoms with van der Waals surface area (Å²) >= 11 is 0. The number of likely N-dealkylation sites (tertiary alicyclic amines) is 1. The van der Waals surface area contributed by atoms with E-state index in [1.54, 1.807) is 6.26 Å². The summed E-state index contributed by atoms with van der Waals surface area (Å²) in [7, 11) is 0. The summed E-state index contributed by atoms with van der Waals surface area (Å²) in [4.78, 5) is 12.4. The highest BCUT2D eigenvalue weighted by molar-refractivity contribution is 5.10. The summed E-state index contributed by atoms with van der Waals surface area (Å²) in [5.41, 5.74) is 2.20. The van der Waals surface area contributed by atoms with Gasteiger partial charge in [0.1, 0.15) is 5.76 Å². The molecule has 2 saturated heterocycles. The maximum absolute atomic E-state index is 9.62. The lowest BCUT2D eigenvalue weighted by atomic mass is 9.99. The molecule has 0 saturated carbocycles. The number of pyridine rings is 1. The molecule has 2 aromatic heterocycles. The Labute approximate surface area is 174 Å². The molecule has 1 atom stereocenters. The molecule has 0 aliphatic carbocycles. The van der Waals surface area contributed by atoms with E-state index in [9.17, 15) is 5.11 Å². The number of aliphatic hydroxyl groups excluding tert-OH is 1. The first-order chi connectivity index (χ1) is 14.2. The molecule has 6 nitrogen and oxygen atoms in total. The first kappa shape index (κ1) is 20.5. The molecular weight excluding hydrogens is 364 g/mol. The first-order valence-electron chi connectivity index (χ1n) is 11.0. The molecule has 0 aromatic carbocycles. The van der Waals surface area contributed by atoms with E-state index in [4.69, 9.17) is 4.42 Å².